The maximum Gasteiger partial charge on any atom is 0.260 e. The van der Waals surface area contributed by atoms with E-state index < -0.39 is 5.82 Å². The first-order valence-electron chi connectivity index (χ1n) is 8.20. The van der Waals surface area contributed by atoms with E-state index in [9.17, 15) is 9.18 Å². The lowest BCUT2D eigenvalue weighted by Gasteiger charge is -2.32. The second kappa shape index (κ2) is 8.25. The fourth-order valence-electron chi connectivity index (χ4n) is 2.70. The van der Waals surface area contributed by atoms with Gasteiger partial charge in [0.25, 0.3) is 11.8 Å². The van der Waals surface area contributed by atoms with E-state index in [1.165, 1.54) is 24.5 Å². The highest BCUT2D eigenvalue weighted by molar-refractivity contribution is 5.77. The molecule has 1 fully saturated rings. The van der Waals surface area contributed by atoms with Crippen LogP contribution in [0, 0.1) is 17.1 Å². The summed E-state index contributed by atoms with van der Waals surface area (Å²) in [5, 5.41) is 9.04. The molecular formula is C18H17FN4O3. The molecule has 1 aromatic carbocycles. The predicted molar refractivity (Wildman–Crippen MR) is 88.9 cm³/mol. The summed E-state index contributed by atoms with van der Waals surface area (Å²) < 4.78 is 24.6. The summed E-state index contributed by atoms with van der Waals surface area (Å²) in [6, 6.07) is 7.87. The second-order valence-electron chi connectivity index (χ2n) is 5.76. The van der Waals surface area contributed by atoms with Crippen molar-refractivity contribution in [1.82, 2.24) is 14.9 Å². The summed E-state index contributed by atoms with van der Waals surface area (Å²) in [5.41, 5.74) is 0.110. The summed E-state index contributed by atoms with van der Waals surface area (Å²) in [6.45, 7) is 0.675. The van der Waals surface area contributed by atoms with Crippen molar-refractivity contribution in [2.24, 2.45) is 0 Å². The highest BCUT2D eigenvalue weighted by Gasteiger charge is 2.26. The van der Waals surface area contributed by atoms with E-state index in [0.717, 1.165) is 12.8 Å². The number of rotatable bonds is 5. The minimum atomic E-state index is -0.508. The Hall–Kier alpha value is -3.21. The first-order valence-corrected chi connectivity index (χ1v) is 8.20. The van der Waals surface area contributed by atoms with Crippen molar-refractivity contribution < 1.29 is 18.7 Å². The number of para-hydroxylation sites is 1. The summed E-state index contributed by atoms with van der Waals surface area (Å²) >= 11 is 0. The van der Waals surface area contributed by atoms with Crippen molar-refractivity contribution >= 4 is 5.91 Å². The van der Waals surface area contributed by atoms with E-state index in [2.05, 4.69) is 9.97 Å². The van der Waals surface area contributed by atoms with Gasteiger partial charge in [0.1, 0.15) is 12.2 Å². The number of hydrogen-bond acceptors (Lipinski definition) is 6. The van der Waals surface area contributed by atoms with E-state index in [-0.39, 0.29) is 35.9 Å². The fraction of sp³-hybridized carbons (Fsp3) is 0.333. The molecule has 1 aliphatic rings. The first-order chi connectivity index (χ1) is 12.7. The van der Waals surface area contributed by atoms with Crippen LogP contribution < -0.4 is 9.47 Å². The van der Waals surface area contributed by atoms with Gasteiger partial charge in [-0.25, -0.2) is 14.4 Å². The Balaban J connectivity index is 1.57. The lowest BCUT2D eigenvalue weighted by atomic mass is 10.1. The highest BCUT2D eigenvalue weighted by Crippen LogP contribution is 2.19. The van der Waals surface area contributed by atoms with Gasteiger partial charge >= 0.3 is 0 Å². The van der Waals surface area contributed by atoms with Crippen LogP contribution in [-0.4, -0.2) is 46.6 Å². The van der Waals surface area contributed by atoms with Crippen LogP contribution >= 0.6 is 0 Å². The number of benzene rings is 1. The third-order valence-corrected chi connectivity index (χ3v) is 3.97. The number of amides is 1. The van der Waals surface area contributed by atoms with Crippen molar-refractivity contribution in [1.29, 1.82) is 5.26 Å². The zero-order valence-corrected chi connectivity index (χ0v) is 14.0. The largest absolute Gasteiger partial charge is 0.481 e. The van der Waals surface area contributed by atoms with Gasteiger partial charge in [-0.2, -0.15) is 5.26 Å². The molecule has 2 aromatic rings. The van der Waals surface area contributed by atoms with E-state index >= 15 is 0 Å². The van der Waals surface area contributed by atoms with Crippen LogP contribution in [0.3, 0.4) is 0 Å². The monoisotopic (exact) mass is 356 g/mol. The Morgan fingerprint density at radius 2 is 2.15 bits per heavy atom. The van der Waals surface area contributed by atoms with Gasteiger partial charge in [-0.05, 0) is 25.0 Å². The topological polar surface area (TPSA) is 88.3 Å². The van der Waals surface area contributed by atoms with Gasteiger partial charge in [-0.3, -0.25) is 4.79 Å². The summed E-state index contributed by atoms with van der Waals surface area (Å²) in [7, 11) is 0. The number of carbonyl (C=O) groups is 1. The number of piperidine rings is 1. The van der Waals surface area contributed by atoms with Crippen LogP contribution in [0.15, 0.2) is 36.7 Å². The number of carbonyl (C=O) groups excluding carboxylic acids is 1. The van der Waals surface area contributed by atoms with Gasteiger partial charge in [-0.15, -0.1) is 0 Å². The quantitative estimate of drug-likeness (QED) is 0.813. The minimum absolute atomic E-state index is 0.0453. The maximum atomic E-state index is 13.5. The van der Waals surface area contributed by atoms with Gasteiger partial charge in [0.15, 0.2) is 18.2 Å². The highest BCUT2D eigenvalue weighted by atomic mass is 19.1. The normalized spacial score (nSPS) is 16.6. The molecule has 8 heteroatoms. The van der Waals surface area contributed by atoms with Gasteiger partial charge in [0.2, 0.25) is 5.69 Å². The lowest BCUT2D eigenvalue weighted by molar-refractivity contribution is -0.136. The fourth-order valence-corrected chi connectivity index (χ4v) is 2.70. The molecule has 0 bridgehead atoms. The molecular weight excluding hydrogens is 339 g/mol. The Morgan fingerprint density at radius 3 is 2.96 bits per heavy atom. The van der Waals surface area contributed by atoms with Gasteiger partial charge < -0.3 is 14.4 Å². The molecule has 134 valence electrons. The summed E-state index contributed by atoms with van der Waals surface area (Å²) in [5.74, 6) is -0.547. The smallest absolute Gasteiger partial charge is 0.260 e. The Morgan fingerprint density at radius 1 is 1.35 bits per heavy atom. The van der Waals surface area contributed by atoms with Gasteiger partial charge in [0.05, 0.1) is 6.54 Å². The third-order valence-electron chi connectivity index (χ3n) is 3.97. The summed E-state index contributed by atoms with van der Waals surface area (Å²) in [6.07, 6.45) is 4.06. The number of hydrogen-bond donors (Lipinski definition) is 0. The molecule has 26 heavy (non-hydrogen) atoms. The first kappa shape index (κ1) is 17.6. The van der Waals surface area contributed by atoms with Crippen molar-refractivity contribution in [2.75, 3.05) is 19.7 Å². The minimum Gasteiger partial charge on any atom is -0.481 e. The van der Waals surface area contributed by atoms with Crippen molar-refractivity contribution in [3.63, 3.8) is 0 Å². The molecule has 1 atom stereocenters. The summed E-state index contributed by atoms with van der Waals surface area (Å²) in [4.78, 5) is 21.9. The molecule has 0 N–H and O–H groups in total. The second-order valence-corrected chi connectivity index (χ2v) is 5.76. The number of halogens is 1. The van der Waals surface area contributed by atoms with Crippen molar-refractivity contribution in [3.8, 4) is 17.7 Å². The SMILES string of the molecule is N#Cc1nccnc1OC1CCCN(C(=O)COc2ccccc2F)C1. The number of aromatic nitrogens is 2. The Labute approximate surface area is 150 Å². The molecule has 7 nitrogen and oxygen atoms in total. The lowest BCUT2D eigenvalue weighted by Crippen LogP contribution is -2.46. The molecule has 3 rings (SSSR count). The van der Waals surface area contributed by atoms with Crippen LogP contribution in [0.1, 0.15) is 18.5 Å². The number of nitriles is 1. The average molecular weight is 356 g/mol. The van der Waals surface area contributed by atoms with E-state index in [4.69, 9.17) is 14.7 Å². The van der Waals surface area contributed by atoms with Crippen LogP contribution in [0.2, 0.25) is 0 Å². The van der Waals surface area contributed by atoms with Crippen molar-refractivity contribution in [3.05, 3.63) is 48.2 Å². The predicted octanol–water partition coefficient (Wildman–Crippen LogP) is 1.94. The molecule has 0 aliphatic carbocycles. The molecule has 2 heterocycles. The Bertz CT molecular complexity index is 824. The molecule has 1 unspecified atom stereocenters. The average Bonchev–Trinajstić information content (AvgIpc) is 2.68. The zero-order chi connectivity index (χ0) is 18.4. The van der Waals surface area contributed by atoms with Crippen LogP contribution in [0.5, 0.6) is 11.6 Å². The molecule has 1 saturated heterocycles. The number of ether oxygens (including phenoxy) is 2. The van der Waals surface area contributed by atoms with E-state index in [0.29, 0.717) is 13.1 Å². The molecule has 1 amide bonds. The number of likely N-dealkylation sites (tertiary alicyclic amines) is 1. The molecule has 0 spiro atoms. The van der Waals surface area contributed by atoms with Gasteiger partial charge in [0, 0.05) is 18.9 Å². The third kappa shape index (κ3) is 4.25. The maximum absolute atomic E-state index is 13.5. The van der Waals surface area contributed by atoms with Crippen LogP contribution in [0.25, 0.3) is 0 Å². The van der Waals surface area contributed by atoms with Crippen LogP contribution in [0.4, 0.5) is 4.39 Å². The van der Waals surface area contributed by atoms with Gasteiger partial charge in [-0.1, -0.05) is 12.1 Å². The van der Waals surface area contributed by atoms with Crippen LogP contribution in [-0.2, 0) is 4.79 Å². The number of nitrogens with zero attached hydrogens (tertiary/aromatic N) is 4. The van der Waals surface area contributed by atoms with E-state index in [1.807, 2.05) is 6.07 Å². The molecule has 1 aromatic heterocycles. The van der Waals surface area contributed by atoms with Crippen molar-refractivity contribution in [2.45, 2.75) is 18.9 Å². The standard InChI is InChI=1S/C18H17FN4O3/c19-14-5-1-2-6-16(14)25-12-17(24)23-9-3-4-13(11-23)26-18-15(10-20)21-7-8-22-18/h1-2,5-8,13H,3-4,9,11-12H2. The van der Waals surface area contributed by atoms with E-state index in [1.54, 1.807) is 17.0 Å². The molecule has 1 aliphatic heterocycles. The molecule has 0 saturated carbocycles. The Kier molecular flexibility index (Phi) is 5.59. The zero-order valence-electron chi connectivity index (χ0n) is 14.0. The molecule has 0 radical (unpaired) electrons.